The Morgan fingerprint density at radius 1 is 1.39 bits per heavy atom. The molecule has 0 amide bonds. The Labute approximate surface area is 113 Å². The van der Waals surface area contributed by atoms with Crippen molar-refractivity contribution in [2.75, 3.05) is 13.7 Å². The molecule has 0 bridgehead atoms. The van der Waals surface area contributed by atoms with Crippen molar-refractivity contribution in [1.82, 2.24) is 0 Å². The summed E-state index contributed by atoms with van der Waals surface area (Å²) >= 11 is 3.37. The van der Waals surface area contributed by atoms with Gasteiger partial charge >= 0.3 is 5.97 Å². The van der Waals surface area contributed by atoms with Crippen molar-refractivity contribution in [2.24, 2.45) is 4.99 Å². The van der Waals surface area contributed by atoms with Crippen molar-refractivity contribution in [3.8, 4) is 0 Å². The number of methoxy groups -OCH3 is 1. The molecule has 1 aromatic rings. The number of rotatable bonds is 2. The number of carbonyl (C=O) groups excluding carboxylic acids is 1. The molecule has 2 rings (SSSR count). The molecule has 94 valence electrons. The minimum atomic E-state index is -0.507. The molecule has 0 fully saturated rings. The molecule has 0 aliphatic carbocycles. The van der Waals surface area contributed by atoms with Crippen molar-refractivity contribution in [2.45, 2.75) is 6.42 Å². The Balaban J connectivity index is 2.48. The molecule has 0 N–H and O–H groups in total. The molecule has 0 saturated carbocycles. The predicted molar refractivity (Wildman–Crippen MR) is 72.1 cm³/mol. The van der Waals surface area contributed by atoms with Gasteiger partial charge in [0.05, 0.1) is 13.7 Å². The summed E-state index contributed by atoms with van der Waals surface area (Å²) in [5.74, 6) is -0.347. The minimum absolute atomic E-state index is 0.161. The van der Waals surface area contributed by atoms with Crippen LogP contribution in [-0.2, 0) is 14.3 Å². The highest BCUT2D eigenvalue weighted by atomic mass is 79.9. The zero-order valence-electron chi connectivity index (χ0n) is 9.85. The Hall–Kier alpha value is -1.62. The molecule has 0 spiro atoms. The predicted octanol–water partition coefficient (Wildman–Crippen LogP) is 2.78. The molecule has 0 unspecified atom stereocenters. The fourth-order valence-electron chi connectivity index (χ4n) is 1.56. The van der Waals surface area contributed by atoms with Crippen LogP contribution in [0.1, 0.15) is 12.0 Å². The summed E-state index contributed by atoms with van der Waals surface area (Å²) in [6.45, 7) is 0.425. The molecule has 5 heteroatoms. The molecule has 1 aliphatic rings. The highest BCUT2D eigenvalue weighted by molar-refractivity contribution is 9.10. The van der Waals surface area contributed by atoms with Crippen LogP contribution >= 0.6 is 15.9 Å². The average molecular weight is 310 g/mol. The monoisotopic (exact) mass is 309 g/mol. The lowest BCUT2D eigenvalue weighted by Gasteiger charge is -2.09. The van der Waals surface area contributed by atoms with Crippen molar-refractivity contribution in [3.63, 3.8) is 0 Å². The molecule has 0 atom stereocenters. The maximum Gasteiger partial charge on any atom is 0.375 e. The smallest absolute Gasteiger partial charge is 0.375 e. The number of hydrogen-bond acceptors (Lipinski definition) is 4. The van der Waals surface area contributed by atoms with Crippen LogP contribution in [0.2, 0.25) is 0 Å². The van der Waals surface area contributed by atoms with Gasteiger partial charge in [-0.1, -0.05) is 28.1 Å². The number of halogens is 1. The van der Waals surface area contributed by atoms with Crippen molar-refractivity contribution < 1.29 is 14.3 Å². The fraction of sp³-hybridized carbons (Fsp3) is 0.231. The standard InChI is InChI=1S/C13H12BrNO3/c1-17-13(16)12-11(15-7-2-8-18-12)9-3-5-10(14)6-4-9/h3-7H,2,8H2,1H3. The first-order valence-corrected chi connectivity index (χ1v) is 6.25. The molecule has 1 aliphatic heterocycles. The maximum atomic E-state index is 11.7. The largest absolute Gasteiger partial charge is 0.485 e. The van der Waals surface area contributed by atoms with E-state index < -0.39 is 5.97 Å². The lowest BCUT2D eigenvalue weighted by atomic mass is 10.1. The van der Waals surface area contributed by atoms with Crippen LogP contribution in [0, 0.1) is 0 Å². The third-order valence-electron chi connectivity index (χ3n) is 2.42. The van der Waals surface area contributed by atoms with Crippen LogP contribution in [-0.4, -0.2) is 25.9 Å². The van der Waals surface area contributed by atoms with E-state index in [-0.39, 0.29) is 5.76 Å². The Morgan fingerprint density at radius 2 is 2.11 bits per heavy atom. The second-order valence-corrected chi connectivity index (χ2v) is 4.54. The van der Waals surface area contributed by atoms with E-state index in [1.165, 1.54) is 7.11 Å². The second-order valence-electron chi connectivity index (χ2n) is 3.63. The van der Waals surface area contributed by atoms with Crippen LogP contribution in [0.4, 0.5) is 0 Å². The number of nitrogens with zero attached hydrogens (tertiary/aromatic N) is 1. The van der Waals surface area contributed by atoms with E-state index in [4.69, 9.17) is 9.47 Å². The van der Waals surface area contributed by atoms with Gasteiger partial charge < -0.3 is 9.47 Å². The Morgan fingerprint density at radius 3 is 2.78 bits per heavy atom. The SMILES string of the molecule is COC(=O)C1=C(c2ccc(Br)cc2)N=CCCO1. The van der Waals surface area contributed by atoms with Gasteiger partial charge in [0.15, 0.2) is 0 Å². The number of esters is 1. The summed E-state index contributed by atoms with van der Waals surface area (Å²) in [7, 11) is 1.33. The maximum absolute atomic E-state index is 11.7. The number of ether oxygens (including phenoxy) is 2. The number of benzene rings is 1. The summed E-state index contributed by atoms with van der Waals surface area (Å²) < 4.78 is 11.1. The highest BCUT2D eigenvalue weighted by Gasteiger charge is 2.20. The van der Waals surface area contributed by atoms with Crippen LogP contribution in [0.3, 0.4) is 0 Å². The third kappa shape index (κ3) is 2.79. The average Bonchev–Trinajstić information content (AvgIpc) is 2.64. The summed E-state index contributed by atoms with van der Waals surface area (Å²) in [6.07, 6.45) is 2.41. The molecule has 1 heterocycles. The van der Waals surface area contributed by atoms with Crippen molar-refractivity contribution in [3.05, 3.63) is 40.1 Å². The van der Waals surface area contributed by atoms with E-state index in [1.807, 2.05) is 24.3 Å². The van der Waals surface area contributed by atoms with Gasteiger partial charge in [-0.05, 0) is 12.1 Å². The van der Waals surface area contributed by atoms with Gasteiger partial charge in [-0.25, -0.2) is 4.79 Å². The van der Waals surface area contributed by atoms with Crippen LogP contribution in [0.5, 0.6) is 0 Å². The van der Waals surface area contributed by atoms with Gasteiger partial charge in [-0.3, -0.25) is 4.99 Å². The lowest BCUT2D eigenvalue weighted by Crippen LogP contribution is -2.10. The molecule has 4 nitrogen and oxygen atoms in total. The van der Waals surface area contributed by atoms with Crippen molar-refractivity contribution in [1.29, 1.82) is 0 Å². The molecular weight excluding hydrogens is 298 g/mol. The third-order valence-corrected chi connectivity index (χ3v) is 2.95. The number of hydrogen-bond donors (Lipinski definition) is 0. The molecule has 0 radical (unpaired) electrons. The molecule has 18 heavy (non-hydrogen) atoms. The number of carbonyl (C=O) groups is 1. The van der Waals surface area contributed by atoms with Gasteiger partial charge in [-0.15, -0.1) is 0 Å². The molecule has 0 aromatic heterocycles. The van der Waals surface area contributed by atoms with E-state index in [1.54, 1.807) is 6.21 Å². The zero-order valence-corrected chi connectivity index (χ0v) is 11.4. The molecule has 0 saturated heterocycles. The van der Waals surface area contributed by atoms with Gasteiger partial charge in [0, 0.05) is 22.7 Å². The van der Waals surface area contributed by atoms with Crippen LogP contribution < -0.4 is 0 Å². The first-order valence-electron chi connectivity index (χ1n) is 5.46. The molecular formula is C13H12BrNO3. The van der Waals surface area contributed by atoms with E-state index >= 15 is 0 Å². The van der Waals surface area contributed by atoms with Gasteiger partial charge in [0.25, 0.3) is 0 Å². The quantitative estimate of drug-likeness (QED) is 0.789. The first-order chi connectivity index (χ1) is 8.72. The van der Waals surface area contributed by atoms with E-state index in [9.17, 15) is 4.79 Å². The Kier molecular flexibility index (Phi) is 4.15. The van der Waals surface area contributed by atoms with Crippen LogP contribution in [0.25, 0.3) is 5.70 Å². The van der Waals surface area contributed by atoms with Crippen LogP contribution in [0.15, 0.2) is 39.5 Å². The topological polar surface area (TPSA) is 47.9 Å². The fourth-order valence-corrected chi connectivity index (χ4v) is 1.82. The second kappa shape index (κ2) is 5.82. The minimum Gasteiger partial charge on any atom is -0.485 e. The first kappa shape index (κ1) is 12.8. The van der Waals surface area contributed by atoms with Crippen molar-refractivity contribution >= 4 is 33.8 Å². The van der Waals surface area contributed by atoms with E-state index in [2.05, 4.69) is 20.9 Å². The highest BCUT2D eigenvalue weighted by Crippen LogP contribution is 2.25. The summed E-state index contributed by atoms with van der Waals surface area (Å²) in [4.78, 5) is 16.0. The number of aliphatic imine (C=N–C) groups is 1. The van der Waals surface area contributed by atoms with E-state index in [0.717, 1.165) is 10.0 Å². The van der Waals surface area contributed by atoms with Gasteiger partial charge in [0.2, 0.25) is 5.76 Å². The van der Waals surface area contributed by atoms with Gasteiger partial charge in [-0.2, -0.15) is 0 Å². The summed E-state index contributed by atoms with van der Waals surface area (Å²) in [6, 6.07) is 7.51. The zero-order chi connectivity index (χ0) is 13.0. The van der Waals surface area contributed by atoms with Gasteiger partial charge in [0.1, 0.15) is 5.70 Å². The molecule has 1 aromatic carbocycles. The normalized spacial score (nSPS) is 15.0. The lowest BCUT2D eigenvalue weighted by molar-refractivity contribution is -0.139. The summed E-state index contributed by atoms with van der Waals surface area (Å²) in [5.41, 5.74) is 1.32. The van der Waals surface area contributed by atoms with E-state index in [0.29, 0.717) is 18.7 Å². The Bertz CT molecular complexity index is 505. The summed E-state index contributed by atoms with van der Waals surface area (Å²) in [5, 5.41) is 0.